The summed E-state index contributed by atoms with van der Waals surface area (Å²) < 4.78 is 22.9. The molecule has 1 unspecified atom stereocenters. The van der Waals surface area contributed by atoms with Gasteiger partial charge in [0.25, 0.3) is 0 Å². The minimum absolute atomic E-state index is 0.155. The predicted octanol–water partition coefficient (Wildman–Crippen LogP) is 5.57. The maximum atomic E-state index is 6.26. The number of rotatable bonds is 7. The monoisotopic (exact) mass is 463 g/mol. The average Bonchev–Trinajstić information content (AvgIpc) is 3.57. The average molecular weight is 464 g/mol. The minimum Gasteiger partial charge on any atom is -0.493 e. The third kappa shape index (κ3) is 4.49. The summed E-state index contributed by atoms with van der Waals surface area (Å²) in [6, 6.07) is 9.58. The molecule has 0 N–H and O–H groups in total. The lowest BCUT2D eigenvalue weighted by Crippen LogP contribution is -2.05. The number of aryl methyl sites for hydroxylation is 4. The molecule has 8 heteroatoms. The summed E-state index contributed by atoms with van der Waals surface area (Å²) in [5.74, 6) is 2.40. The highest BCUT2D eigenvalue weighted by molar-refractivity contribution is 7.15. The van der Waals surface area contributed by atoms with Crippen LogP contribution in [0.1, 0.15) is 21.8 Å². The van der Waals surface area contributed by atoms with E-state index in [9.17, 15) is 0 Å². The van der Waals surface area contributed by atoms with Gasteiger partial charge >= 0.3 is 0 Å². The summed E-state index contributed by atoms with van der Waals surface area (Å²) >= 11 is 1.61. The molecule has 0 saturated carbocycles. The van der Waals surface area contributed by atoms with Crippen LogP contribution in [0, 0.1) is 27.7 Å². The number of ether oxygens (including phenoxy) is 4. The topological polar surface area (TPSA) is 78.9 Å². The first-order valence-electron chi connectivity index (χ1n) is 10.7. The van der Waals surface area contributed by atoms with Crippen LogP contribution in [0.4, 0.5) is 0 Å². The fourth-order valence-corrected chi connectivity index (χ4v) is 4.30. The zero-order valence-corrected chi connectivity index (χ0v) is 20.1. The van der Waals surface area contributed by atoms with Crippen LogP contribution in [0.3, 0.4) is 0 Å². The molecule has 3 aromatic heterocycles. The van der Waals surface area contributed by atoms with E-state index in [0.717, 1.165) is 50.0 Å². The molecule has 5 rings (SSSR count). The molecular formula is C25H25N3O4S. The lowest BCUT2D eigenvalue weighted by Gasteiger charge is -2.13. The molecule has 170 valence electrons. The van der Waals surface area contributed by atoms with E-state index in [1.807, 2.05) is 51.1 Å². The summed E-state index contributed by atoms with van der Waals surface area (Å²) in [6.07, 6.45) is 0.155. The summed E-state index contributed by atoms with van der Waals surface area (Å²) in [6.45, 7) is 9.30. The van der Waals surface area contributed by atoms with Crippen LogP contribution in [-0.4, -0.2) is 41.4 Å². The van der Waals surface area contributed by atoms with Crippen LogP contribution in [0.15, 0.2) is 30.3 Å². The first-order chi connectivity index (χ1) is 15.9. The molecule has 1 fully saturated rings. The molecule has 7 nitrogen and oxygen atoms in total. The van der Waals surface area contributed by atoms with Crippen molar-refractivity contribution >= 4 is 22.2 Å². The Hall–Kier alpha value is -3.23. The third-order valence-corrected chi connectivity index (χ3v) is 6.73. The number of hydrogen-bond acceptors (Lipinski definition) is 8. The largest absolute Gasteiger partial charge is 0.493 e. The molecule has 0 aliphatic carbocycles. The van der Waals surface area contributed by atoms with Crippen molar-refractivity contribution < 1.29 is 18.9 Å². The first kappa shape index (κ1) is 21.6. The van der Waals surface area contributed by atoms with Crippen molar-refractivity contribution in [2.24, 2.45) is 0 Å². The summed E-state index contributed by atoms with van der Waals surface area (Å²) in [5, 5.41) is 1.77. The van der Waals surface area contributed by atoms with Crippen LogP contribution in [0.25, 0.3) is 21.6 Å². The van der Waals surface area contributed by atoms with E-state index < -0.39 is 0 Å². The minimum atomic E-state index is 0.155. The quantitative estimate of drug-likeness (QED) is 0.332. The van der Waals surface area contributed by atoms with Gasteiger partial charge in [-0.05, 0) is 51.5 Å². The molecule has 0 bridgehead atoms. The predicted molar refractivity (Wildman–Crippen MR) is 128 cm³/mol. The lowest BCUT2D eigenvalue weighted by molar-refractivity contribution is 0.252. The van der Waals surface area contributed by atoms with Gasteiger partial charge in [-0.25, -0.2) is 15.0 Å². The number of thiazole rings is 1. The molecule has 33 heavy (non-hydrogen) atoms. The number of methoxy groups -OCH3 is 1. The van der Waals surface area contributed by atoms with Crippen molar-refractivity contribution in [2.75, 3.05) is 20.3 Å². The van der Waals surface area contributed by atoms with Gasteiger partial charge in [0.2, 0.25) is 5.88 Å². The second-order valence-corrected chi connectivity index (χ2v) is 9.31. The SMILES string of the molecule is COc1cc2ccc(Oc3cc(C)c(C)nc3-c3nc(C)c(C)s3)nc2cc1OCC1CO1. The first-order valence-corrected chi connectivity index (χ1v) is 11.6. The van der Waals surface area contributed by atoms with Gasteiger partial charge in [-0.1, -0.05) is 0 Å². The number of benzene rings is 1. The molecule has 0 spiro atoms. The van der Waals surface area contributed by atoms with E-state index in [1.54, 1.807) is 18.4 Å². The van der Waals surface area contributed by atoms with Gasteiger partial charge in [-0.3, -0.25) is 0 Å². The van der Waals surface area contributed by atoms with Gasteiger partial charge in [-0.2, -0.15) is 0 Å². The third-order valence-electron chi connectivity index (χ3n) is 5.65. The van der Waals surface area contributed by atoms with E-state index in [0.29, 0.717) is 29.7 Å². The van der Waals surface area contributed by atoms with E-state index in [2.05, 4.69) is 11.9 Å². The Morgan fingerprint density at radius 2 is 1.79 bits per heavy atom. The molecule has 1 aliphatic heterocycles. The Kier molecular flexibility index (Phi) is 5.64. The molecule has 4 heterocycles. The Morgan fingerprint density at radius 3 is 2.48 bits per heavy atom. The summed E-state index contributed by atoms with van der Waals surface area (Å²) in [5.41, 5.74) is 4.47. The lowest BCUT2D eigenvalue weighted by atomic mass is 10.2. The van der Waals surface area contributed by atoms with E-state index in [4.69, 9.17) is 28.9 Å². The number of fused-ring (bicyclic) bond motifs is 1. The Balaban J connectivity index is 1.51. The molecule has 1 atom stereocenters. The van der Waals surface area contributed by atoms with E-state index >= 15 is 0 Å². The number of pyridine rings is 2. The van der Waals surface area contributed by atoms with Crippen LogP contribution >= 0.6 is 11.3 Å². The normalized spacial score (nSPS) is 15.0. The van der Waals surface area contributed by atoms with Gasteiger partial charge in [0.15, 0.2) is 17.2 Å². The van der Waals surface area contributed by atoms with Crippen molar-refractivity contribution in [1.29, 1.82) is 0 Å². The Bertz CT molecular complexity index is 1330. The fraction of sp³-hybridized carbons (Fsp3) is 0.320. The highest BCUT2D eigenvalue weighted by Gasteiger charge is 2.24. The van der Waals surface area contributed by atoms with Crippen molar-refractivity contribution in [2.45, 2.75) is 33.8 Å². The molecule has 1 aromatic carbocycles. The van der Waals surface area contributed by atoms with Gasteiger partial charge in [0.05, 0.1) is 24.9 Å². The van der Waals surface area contributed by atoms with Crippen LogP contribution in [0.5, 0.6) is 23.1 Å². The molecule has 1 saturated heterocycles. The maximum absolute atomic E-state index is 6.26. The van der Waals surface area contributed by atoms with Crippen molar-refractivity contribution in [3.63, 3.8) is 0 Å². The Labute approximate surface area is 196 Å². The Morgan fingerprint density at radius 1 is 0.970 bits per heavy atom. The van der Waals surface area contributed by atoms with Crippen LogP contribution < -0.4 is 14.2 Å². The molecule has 0 amide bonds. The fourth-order valence-electron chi connectivity index (χ4n) is 3.39. The van der Waals surface area contributed by atoms with Gasteiger partial charge in [-0.15, -0.1) is 11.3 Å². The number of epoxide rings is 1. The van der Waals surface area contributed by atoms with Gasteiger partial charge in [0.1, 0.15) is 23.4 Å². The number of nitrogens with zero attached hydrogens (tertiary/aromatic N) is 3. The highest BCUT2D eigenvalue weighted by atomic mass is 32.1. The van der Waals surface area contributed by atoms with Crippen molar-refractivity contribution in [3.8, 4) is 33.8 Å². The van der Waals surface area contributed by atoms with Crippen molar-refractivity contribution in [1.82, 2.24) is 15.0 Å². The standard InChI is InChI=1S/C25H25N3O4S/c1-13-8-22(24(26-14(13)2)25-27-15(3)16(4)33-25)32-23-7-6-17-9-20(29-5)21(10-19(17)28-23)31-12-18-11-30-18/h6-10,18H,11-12H2,1-5H3. The van der Waals surface area contributed by atoms with E-state index in [-0.39, 0.29) is 6.10 Å². The van der Waals surface area contributed by atoms with Gasteiger partial charge < -0.3 is 18.9 Å². The molecule has 4 aromatic rings. The summed E-state index contributed by atoms with van der Waals surface area (Å²) in [7, 11) is 1.63. The second kappa shape index (κ2) is 8.61. The van der Waals surface area contributed by atoms with E-state index in [1.165, 1.54) is 0 Å². The molecule has 0 radical (unpaired) electrons. The number of aromatic nitrogens is 3. The second-order valence-electron chi connectivity index (χ2n) is 8.11. The number of hydrogen-bond donors (Lipinski definition) is 0. The van der Waals surface area contributed by atoms with Crippen LogP contribution in [-0.2, 0) is 4.74 Å². The smallest absolute Gasteiger partial charge is 0.219 e. The summed E-state index contributed by atoms with van der Waals surface area (Å²) in [4.78, 5) is 15.4. The van der Waals surface area contributed by atoms with Crippen molar-refractivity contribution in [3.05, 3.63) is 52.2 Å². The maximum Gasteiger partial charge on any atom is 0.219 e. The van der Waals surface area contributed by atoms with Crippen LogP contribution in [0.2, 0.25) is 0 Å². The zero-order chi connectivity index (χ0) is 23.1. The highest BCUT2D eigenvalue weighted by Crippen LogP contribution is 2.37. The zero-order valence-electron chi connectivity index (χ0n) is 19.3. The van der Waals surface area contributed by atoms with Gasteiger partial charge in [0, 0.05) is 28.1 Å². The molecular weight excluding hydrogens is 438 g/mol. The molecule has 1 aliphatic rings.